The molecule has 2 heterocycles. The molecule has 0 bridgehead atoms. The van der Waals surface area contributed by atoms with Crippen LogP contribution >= 0.6 is 11.6 Å². The molecule has 11 heteroatoms. The molecule has 0 aromatic heterocycles. The van der Waals surface area contributed by atoms with Crippen molar-refractivity contribution in [2.24, 2.45) is 0 Å². The minimum Gasteiger partial charge on any atom is -0.480 e. The van der Waals surface area contributed by atoms with E-state index in [1.807, 2.05) is 6.92 Å². The minimum absolute atomic E-state index is 0.0757. The molecule has 3 atom stereocenters. The van der Waals surface area contributed by atoms with Crippen LogP contribution in [0.15, 0.2) is 42.7 Å². The number of benzene rings is 2. The third-order valence-electron chi connectivity index (χ3n) is 6.23. The second-order valence-corrected chi connectivity index (χ2v) is 9.02. The van der Waals surface area contributed by atoms with Crippen molar-refractivity contribution >= 4 is 28.8 Å². The highest BCUT2D eigenvalue weighted by molar-refractivity contribution is 6.30. The van der Waals surface area contributed by atoms with Crippen molar-refractivity contribution in [3.63, 3.8) is 0 Å². The summed E-state index contributed by atoms with van der Waals surface area (Å²) < 4.78 is 48.0. The predicted molar refractivity (Wildman–Crippen MR) is 124 cm³/mol. The first kappa shape index (κ1) is 25.3. The number of hydroxylamine groups is 2. The lowest BCUT2D eigenvalue weighted by Crippen LogP contribution is -2.45. The second kappa shape index (κ2) is 9.34. The number of alkyl halides is 3. The van der Waals surface area contributed by atoms with Gasteiger partial charge >= 0.3 is 6.18 Å². The van der Waals surface area contributed by atoms with E-state index in [1.165, 1.54) is 29.3 Å². The topological polar surface area (TPSA) is 97.0 Å². The summed E-state index contributed by atoms with van der Waals surface area (Å²) in [6.07, 6.45) is -5.11. The number of carbonyl (C=O) groups is 1. The molecule has 0 saturated carbocycles. The molecule has 35 heavy (non-hydrogen) atoms. The summed E-state index contributed by atoms with van der Waals surface area (Å²) in [4.78, 5) is 18.1. The number of hydrogen-bond donors (Lipinski definition) is 3. The number of nitrogen functional groups attached to an aromatic ring is 1. The van der Waals surface area contributed by atoms with Crippen LogP contribution in [-0.4, -0.2) is 47.7 Å². The van der Waals surface area contributed by atoms with Crippen LogP contribution < -0.4 is 11.1 Å². The Balaban J connectivity index is 1.55. The van der Waals surface area contributed by atoms with Gasteiger partial charge in [-0.15, -0.1) is 0 Å². The molecule has 0 spiro atoms. The minimum atomic E-state index is -4.74. The van der Waals surface area contributed by atoms with Crippen molar-refractivity contribution in [1.29, 1.82) is 0 Å². The van der Waals surface area contributed by atoms with E-state index in [0.29, 0.717) is 28.8 Å². The highest BCUT2D eigenvalue weighted by Crippen LogP contribution is 2.52. The second-order valence-electron chi connectivity index (χ2n) is 8.59. The van der Waals surface area contributed by atoms with Crippen molar-refractivity contribution < 1.29 is 32.6 Å². The van der Waals surface area contributed by atoms with Crippen LogP contribution in [0.4, 0.5) is 18.9 Å². The van der Waals surface area contributed by atoms with E-state index >= 15 is 0 Å². The quantitative estimate of drug-likeness (QED) is 0.522. The maximum absolute atomic E-state index is 14.3. The van der Waals surface area contributed by atoms with Gasteiger partial charge in [0.2, 0.25) is 5.60 Å². The Kier molecular flexibility index (Phi) is 6.76. The number of aliphatic hydroxyl groups is 1. The lowest BCUT2D eigenvalue weighted by Gasteiger charge is -2.32. The van der Waals surface area contributed by atoms with Crippen molar-refractivity contribution in [3.8, 4) is 0 Å². The Morgan fingerprint density at radius 3 is 2.66 bits per heavy atom. The normalized spacial score (nSPS) is 24.8. The summed E-state index contributed by atoms with van der Waals surface area (Å²) in [6.45, 7) is 4.09. The molecule has 7 nitrogen and oxygen atoms in total. The maximum atomic E-state index is 14.3. The number of likely N-dealkylation sites (N-methyl/N-ethyl adjacent to an activating group) is 1. The van der Waals surface area contributed by atoms with Crippen LogP contribution in [0.2, 0.25) is 5.02 Å². The summed E-state index contributed by atoms with van der Waals surface area (Å²) >= 11 is 5.96. The molecule has 4 N–H and O–H groups in total. The number of aryl methyl sites for hydroxylation is 1. The van der Waals surface area contributed by atoms with E-state index in [2.05, 4.69) is 5.32 Å². The molecule has 2 aliphatic heterocycles. The fraction of sp³-hybridized carbons (Fsp3) is 0.375. The van der Waals surface area contributed by atoms with Crippen molar-refractivity contribution in [1.82, 2.24) is 10.4 Å². The van der Waals surface area contributed by atoms with E-state index in [1.54, 1.807) is 19.1 Å². The Labute approximate surface area is 205 Å². The molecular formula is C24H25ClF3N3O4. The molecule has 1 fully saturated rings. The summed E-state index contributed by atoms with van der Waals surface area (Å²) in [6, 6.07) is 7.88. The number of carbonyl (C=O) groups excluding carboxylic acids is 1. The van der Waals surface area contributed by atoms with Gasteiger partial charge in [0.1, 0.15) is 0 Å². The Hall–Kier alpha value is -2.79. The first-order chi connectivity index (χ1) is 16.4. The molecule has 0 aliphatic carbocycles. The molecular weight excluding hydrogens is 487 g/mol. The largest absolute Gasteiger partial charge is 0.480 e. The molecule has 4 rings (SSSR count). The number of nitrogens with one attached hydrogen (secondary N) is 1. The molecule has 2 aromatic rings. The number of aliphatic hydroxyl groups excluding tert-OH is 1. The Morgan fingerprint density at radius 2 is 2.06 bits per heavy atom. The summed E-state index contributed by atoms with van der Waals surface area (Å²) in [5.41, 5.74) is 4.70. The van der Waals surface area contributed by atoms with Crippen LogP contribution in [-0.2, 0) is 15.2 Å². The molecule has 188 valence electrons. The van der Waals surface area contributed by atoms with Gasteiger partial charge in [-0.05, 0) is 54.8 Å². The zero-order valence-corrected chi connectivity index (χ0v) is 19.8. The molecule has 0 radical (unpaired) electrons. The van der Waals surface area contributed by atoms with Gasteiger partial charge < -0.3 is 20.9 Å². The number of halogens is 4. The summed E-state index contributed by atoms with van der Waals surface area (Å²) in [5, 5.41) is 14.4. The lowest BCUT2D eigenvalue weighted by molar-refractivity contribution is -0.260. The number of nitrogens with zero attached hydrogens (tertiary/aromatic N) is 1. The number of anilines is 1. The zero-order valence-electron chi connectivity index (χ0n) is 19.0. The van der Waals surface area contributed by atoms with Gasteiger partial charge in [-0.2, -0.15) is 18.2 Å². The molecule has 3 unspecified atom stereocenters. The number of hydrogen-bond acceptors (Lipinski definition) is 6. The number of nitrogens with two attached hydrogens (primary N) is 1. The predicted octanol–water partition coefficient (Wildman–Crippen LogP) is 4.13. The van der Waals surface area contributed by atoms with E-state index in [9.17, 15) is 23.1 Å². The van der Waals surface area contributed by atoms with E-state index in [0.717, 1.165) is 6.26 Å². The summed E-state index contributed by atoms with van der Waals surface area (Å²) in [5.74, 6) is -0.421. The van der Waals surface area contributed by atoms with Gasteiger partial charge in [-0.25, -0.2) is 0 Å². The standard InChI is InChI=1S/C24H25ClF3N3O4/c1-3-31-22(33)20(12-35-31)30-21(32)19-5-4-14(6-13(19)2)15-10-23(34-11-15,24(26,27)28)16-7-17(25)9-18(29)8-16/h4-9,11,20,22,33H,3,10,12,29H2,1-2H3,(H,30,32). The van der Waals surface area contributed by atoms with Crippen LogP contribution in [0.5, 0.6) is 0 Å². The van der Waals surface area contributed by atoms with Crippen LogP contribution in [0.25, 0.3) is 5.57 Å². The smallest absolute Gasteiger partial charge is 0.432 e. The first-order valence-corrected chi connectivity index (χ1v) is 11.3. The Morgan fingerprint density at radius 1 is 1.31 bits per heavy atom. The third-order valence-corrected chi connectivity index (χ3v) is 6.45. The third kappa shape index (κ3) is 4.71. The SMILES string of the molecule is CCN1OCC(NC(=O)c2ccc(C3=COC(c4cc(N)cc(Cl)c4)(C(F)(F)F)C3)cc2C)C1O. The van der Waals surface area contributed by atoms with Gasteiger partial charge in [0.05, 0.1) is 18.9 Å². The first-order valence-electron chi connectivity index (χ1n) is 10.9. The maximum Gasteiger partial charge on any atom is 0.432 e. The Bertz CT molecular complexity index is 1150. The van der Waals surface area contributed by atoms with Crippen molar-refractivity contribution in [2.45, 2.75) is 44.3 Å². The fourth-order valence-corrected chi connectivity index (χ4v) is 4.58. The molecule has 2 aliphatic rings. The van der Waals surface area contributed by atoms with Crippen LogP contribution in [0.1, 0.15) is 40.4 Å². The van der Waals surface area contributed by atoms with Gasteiger partial charge in [0.25, 0.3) is 5.91 Å². The highest BCUT2D eigenvalue weighted by Gasteiger charge is 2.60. The van der Waals surface area contributed by atoms with E-state index in [-0.39, 0.29) is 22.9 Å². The number of amides is 1. The average Bonchev–Trinajstić information content (AvgIpc) is 3.38. The van der Waals surface area contributed by atoms with Gasteiger partial charge in [-0.3, -0.25) is 9.63 Å². The average molecular weight is 512 g/mol. The van der Waals surface area contributed by atoms with E-state index in [4.69, 9.17) is 26.9 Å². The fourth-order valence-electron chi connectivity index (χ4n) is 4.34. The highest BCUT2D eigenvalue weighted by atomic mass is 35.5. The molecule has 2 aromatic carbocycles. The number of rotatable bonds is 5. The van der Waals surface area contributed by atoms with Gasteiger partial charge in [-0.1, -0.05) is 23.7 Å². The number of ether oxygens (including phenoxy) is 1. The van der Waals surface area contributed by atoms with Crippen LogP contribution in [0, 0.1) is 6.92 Å². The van der Waals surface area contributed by atoms with Crippen molar-refractivity contribution in [2.75, 3.05) is 18.9 Å². The van der Waals surface area contributed by atoms with Gasteiger partial charge in [0, 0.05) is 34.8 Å². The molecule has 1 amide bonds. The molecule has 1 saturated heterocycles. The monoisotopic (exact) mass is 511 g/mol. The zero-order chi connectivity index (χ0) is 25.5. The summed E-state index contributed by atoms with van der Waals surface area (Å²) in [7, 11) is 0. The van der Waals surface area contributed by atoms with Gasteiger partial charge in [0.15, 0.2) is 6.23 Å². The van der Waals surface area contributed by atoms with E-state index < -0.39 is 36.4 Å². The van der Waals surface area contributed by atoms with Crippen LogP contribution in [0.3, 0.4) is 0 Å². The lowest BCUT2D eigenvalue weighted by atomic mass is 9.85. The van der Waals surface area contributed by atoms with Crippen molar-refractivity contribution in [3.05, 3.63) is 69.9 Å².